The number of halogens is 1. The molecular weight excluding hydrogens is 321 g/mol. The number of rotatable bonds is 3. The highest BCUT2D eigenvalue weighted by Crippen LogP contribution is 2.34. The van der Waals surface area contributed by atoms with Crippen LogP contribution in [-0.4, -0.2) is 18.0 Å². The van der Waals surface area contributed by atoms with E-state index in [1.807, 2.05) is 12.1 Å². The summed E-state index contributed by atoms with van der Waals surface area (Å²) in [6.45, 7) is 3.32. The first-order valence-corrected chi connectivity index (χ1v) is 10.3. The largest absolute Gasteiger partial charge is 0.299 e. The highest BCUT2D eigenvalue weighted by atomic mass is 19.1. The third-order valence-corrected chi connectivity index (χ3v) is 6.47. The lowest BCUT2D eigenvalue weighted by Crippen LogP contribution is -2.25. The van der Waals surface area contributed by atoms with Crippen molar-refractivity contribution in [3.8, 4) is 0 Å². The molecule has 2 aromatic carbocycles. The highest BCUT2D eigenvalue weighted by molar-refractivity contribution is 5.28. The summed E-state index contributed by atoms with van der Waals surface area (Å²) in [5.41, 5.74) is 4.41. The fraction of sp³-hybridized carbons (Fsp3) is 0.500. The number of benzene rings is 2. The molecule has 4 rings (SSSR count). The van der Waals surface area contributed by atoms with Crippen LogP contribution in [0.2, 0.25) is 0 Å². The van der Waals surface area contributed by atoms with E-state index in [1.165, 1.54) is 63.6 Å². The first kappa shape index (κ1) is 17.7. The van der Waals surface area contributed by atoms with Crippen molar-refractivity contribution in [2.75, 3.05) is 13.1 Å². The Balaban J connectivity index is 1.37. The van der Waals surface area contributed by atoms with E-state index in [0.717, 1.165) is 18.4 Å². The molecule has 0 aromatic heterocycles. The molecule has 0 saturated carbocycles. The van der Waals surface area contributed by atoms with E-state index in [4.69, 9.17) is 0 Å². The van der Waals surface area contributed by atoms with Crippen molar-refractivity contribution >= 4 is 0 Å². The van der Waals surface area contributed by atoms with Crippen LogP contribution in [0.3, 0.4) is 0 Å². The van der Waals surface area contributed by atoms with Crippen molar-refractivity contribution in [3.63, 3.8) is 0 Å². The minimum atomic E-state index is -0.140. The van der Waals surface area contributed by atoms with Gasteiger partial charge in [0.1, 0.15) is 5.82 Å². The van der Waals surface area contributed by atoms with Gasteiger partial charge in [-0.15, -0.1) is 0 Å². The van der Waals surface area contributed by atoms with E-state index in [-0.39, 0.29) is 5.82 Å². The van der Waals surface area contributed by atoms with Gasteiger partial charge in [0.2, 0.25) is 0 Å². The van der Waals surface area contributed by atoms with Crippen LogP contribution >= 0.6 is 0 Å². The third kappa shape index (κ3) is 4.35. The maximum atomic E-state index is 13.1. The maximum absolute atomic E-state index is 13.1. The van der Waals surface area contributed by atoms with E-state index in [1.54, 1.807) is 23.3 Å². The summed E-state index contributed by atoms with van der Waals surface area (Å²) in [6, 6.07) is 16.1. The molecule has 0 bridgehead atoms. The molecule has 0 spiro atoms. The molecule has 1 heterocycles. The molecule has 0 N–H and O–H groups in total. The molecule has 1 saturated heterocycles. The zero-order valence-corrected chi connectivity index (χ0v) is 15.7. The third-order valence-electron chi connectivity index (χ3n) is 6.47. The Kier molecular flexibility index (Phi) is 5.69. The normalized spacial score (nSPS) is 24.5. The van der Waals surface area contributed by atoms with E-state index in [0.29, 0.717) is 0 Å². The van der Waals surface area contributed by atoms with E-state index < -0.39 is 0 Å². The average Bonchev–Trinajstić information content (AvgIpc) is 3.02. The zero-order chi connectivity index (χ0) is 17.8. The first-order valence-electron chi connectivity index (χ1n) is 10.3. The Morgan fingerprint density at radius 2 is 1.58 bits per heavy atom. The molecule has 2 unspecified atom stereocenters. The Labute approximate surface area is 157 Å². The van der Waals surface area contributed by atoms with E-state index >= 15 is 0 Å². The molecule has 138 valence electrons. The Morgan fingerprint density at radius 1 is 0.808 bits per heavy atom. The summed E-state index contributed by atoms with van der Waals surface area (Å²) in [4.78, 5) is 2.57. The van der Waals surface area contributed by atoms with E-state index in [9.17, 15) is 4.39 Å². The summed E-state index contributed by atoms with van der Waals surface area (Å²) in [6.07, 6.45) is 9.24. The first-order chi connectivity index (χ1) is 12.8. The van der Waals surface area contributed by atoms with Crippen molar-refractivity contribution in [2.45, 2.75) is 51.5 Å². The van der Waals surface area contributed by atoms with Crippen LogP contribution in [-0.2, 0) is 19.4 Å². The van der Waals surface area contributed by atoms with Crippen molar-refractivity contribution < 1.29 is 4.39 Å². The van der Waals surface area contributed by atoms with Gasteiger partial charge in [-0.05, 0) is 98.7 Å². The number of aryl methyl sites for hydroxylation is 1. The van der Waals surface area contributed by atoms with Crippen LogP contribution in [0.4, 0.5) is 4.39 Å². The van der Waals surface area contributed by atoms with Crippen LogP contribution in [0, 0.1) is 17.7 Å². The quantitative estimate of drug-likeness (QED) is 0.648. The topological polar surface area (TPSA) is 3.24 Å². The summed E-state index contributed by atoms with van der Waals surface area (Å²) >= 11 is 0. The van der Waals surface area contributed by atoms with Gasteiger partial charge in [-0.2, -0.15) is 0 Å². The van der Waals surface area contributed by atoms with Gasteiger partial charge < -0.3 is 0 Å². The zero-order valence-electron chi connectivity index (χ0n) is 15.7. The standard InChI is InChI=1S/C24H30FN/c25-24-12-10-19(11-13-24)18-26-15-4-9-21(14-16-26)23-8-3-7-20-5-1-2-6-22(20)17-23/h1-2,5-6,10-13,21,23H,3-4,7-9,14-18H2. The summed E-state index contributed by atoms with van der Waals surface area (Å²) < 4.78 is 13.1. The Morgan fingerprint density at radius 3 is 2.42 bits per heavy atom. The predicted octanol–water partition coefficient (Wildman–Crippen LogP) is 5.62. The van der Waals surface area contributed by atoms with Gasteiger partial charge in [0.25, 0.3) is 0 Å². The lowest BCUT2D eigenvalue weighted by Gasteiger charge is -2.26. The molecular formula is C24H30FN. The van der Waals surface area contributed by atoms with Crippen LogP contribution in [0.5, 0.6) is 0 Å². The maximum Gasteiger partial charge on any atom is 0.123 e. The summed E-state index contributed by atoms with van der Waals surface area (Å²) in [7, 11) is 0. The molecule has 2 heteroatoms. The van der Waals surface area contributed by atoms with Crippen molar-refractivity contribution in [3.05, 3.63) is 71.0 Å². The lowest BCUT2D eigenvalue weighted by molar-refractivity contribution is 0.250. The van der Waals surface area contributed by atoms with Gasteiger partial charge in [0, 0.05) is 6.54 Å². The minimum absolute atomic E-state index is 0.140. The van der Waals surface area contributed by atoms with Crippen molar-refractivity contribution in [1.29, 1.82) is 0 Å². The number of nitrogens with zero attached hydrogens (tertiary/aromatic N) is 1. The fourth-order valence-corrected chi connectivity index (χ4v) is 5.00. The summed E-state index contributed by atoms with van der Waals surface area (Å²) in [5.74, 6) is 1.57. The van der Waals surface area contributed by atoms with Gasteiger partial charge in [-0.3, -0.25) is 4.90 Å². The van der Waals surface area contributed by atoms with Crippen LogP contribution in [0.1, 0.15) is 48.8 Å². The SMILES string of the molecule is Fc1ccc(CN2CCCC(C3CCCc4ccccc4C3)CC2)cc1. The fourth-order valence-electron chi connectivity index (χ4n) is 5.00. The molecule has 1 fully saturated rings. The molecule has 2 atom stereocenters. The molecule has 1 aliphatic heterocycles. The molecule has 0 amide bonds. The number of fused-ring (bicyclic) bond motifs is 1. The smallest absolute Gasteiger partial charge is 0.123 e. The van der Waals surface area contributed by atoms with Gasteiger partial charge in [0.15, 0.2) is 0 Å². The van der Waals surface area contributed by atoms with Crippen molar-refractivity contribution in [2.24, 2.45) is 11.8 Å². The molecule has 2 aromatic rings. The minimum Gasteiger partial charge on any atom is -0.299 e. The van der Waals surface area contributed by atoms with E-state index in [2.05, 4.69) is 29.2 Å². The van der Waals surface area contributed by atoms with Gasteiger partial charge in [0.05, 0.1) is 0 Å². The number of hydrogen-bond donors (Lipinski definition) is 0. The van der Waals surface area contributed by atoms with Gasteiger partial charge in [-0.1, -0.05) is 36.4 Å². The second kappa shape index (κ2) is 8.35. The second-order valence-electron chi connectivity index (χ2n) is 8.22. The van der Waals surface area contributed by atoms with Gasteiger partial charge in [-0.25, -0.2) is 4.39 Å². The second-order valence-corrected chi connectivity index (χ2v) is 8.22. The van der Waals surface area contributed by atoms with Crippen molar-refractivity contribution in [1.82, 2.24) is 4.90 Å². The lowest BCUT2D eigenvalue weighted by atomic mass is 9.80. The highest BCUT2D eigenvalue weighted by Gasteiger charge is 2.27. The van der Waals surface area contributed by atoms with Crippen LogP contribution in [0.25, 0.3) is 0 Å². The van der Waals surface area contributed by atoms with Crippen LogP contribution in [0.15, 0.2) is 48.5 Å². The molecule has 1 aliphatic carbocycles. The molecule has 0 radical (unpaired) electrons. The molecule has 26 heavy (non-hydrogen) atoms. The Hall–Kier alpha value is -1.67. The summed E-state index contributed by atoms with van der Waals surface area (Å²) in [5, 5.41) is 0. The number of hydrogen-bond acceptors (Lipinski definition) is 1. The number of likely N-dealkylation sites (tertiary alicyclic amines) is 1. The monoisotopic (exact) mass is 351 g/mol. The van der Waals surface area contributed by atoms with Crippen LogP contribution < -0.4 is 0 Å². The predicted molar refractivity (Wildman–Crippen MR) is 106 cm³/mol. The Bertz CT molecular complexity index is 708. The molecule has 2 aliphatic rings. The molecule has 1 nitrogen and oxygen atoms in total. The average molecular weight is 352 g/mol. The van der Waals surface area contributed by atoms with Gasteiger partial charge >= 0.3 is 0 Å².